The minimum Gasteiger partial charge on any atom is -0.444 e. The van der Waals surface area contributed by atoms with Gasteiger partial charge in [-0.3, -0.25) is 0 Å². The highest BCUT2D eigenvalue weighted by Gasteiger charge is 2.15. The van der Waals surface area contributed by atoms with Gasteiger partial charge >= 0.3 is 6.09 Å². The number of aromatic nitrogens is 2. The molecule has 5 heteroatoms. The van der Waals surface area contributed by atoms with Gasteiger partial charge in [-0.05, 0) is 26.3 Å². The van der Waals surface area contributed by atoms with E-state index in [4.69, 9.17) is 4.74 Å². The third-order valence-electron chi connectivity index (χ3n) is 3.04. The number of nitrogens with zero attached hydrogens (tertiary/aromatic N) is 2. The van der Waals surface area contributed by atoms with Crippen molar-refractivity contribution in [1.29, 1.82) is 0 Å². The van der Waals surface area contributed by atoms with Crippen LogP contribution >= 0.6 is 0 Å². The van der Waals surface area contributed by atoms with Gasteiger partial charge in [0, 0.05) is 31.4 Å². The lowest BCUT2D eigenvalue weighted by atomic mass is 10.2. The fraction of sp³-hybridized carbons (Fsp3) is 0.412. The molecule has 0 radical (unpaired) electrons. The van der Waals surface area contributed by atoms with Gasteiger partial charge in [0.2, 0.25) is 0 Å². The summed E-state index contributed by atoms with van der Waals surface area (Å²) in [4.78, 5) is 15.8. The number of rotatable bonds is 5. The molecule has 0 saturated carbocycles. The maximum Gasteiger partial charge on any atom is 0.407 e. The molecule has 0 bridgehead atoms. The Morgan fingerprint density at radius 2 is 2.00 bits per heavy atom. The van der Waals surface area contributed by atoms with Crippen LogP contribution in [0.1, 0.15) is 32.0 Å². The lowest BCUT2D eigenvalue weighted by Gasteiger charge is -2.19. The predicted molar refractivity (Wildman–Crippen MR) is 85.7 cm³/mol. The standard InChI is InChI=1S/C17H23N3O2/c1-17(2,3)22-16(21)19-10-9-15-11-18-13-20(15)12-14-7-5-4-6-8-14/h4-8,11,13H,9-10,12H2,1-3H3,(H,19,21). The summed E-state index contributed by atoms with van der Waals surface area (Å²) in [6.45, 7) is 6.85. The predicted octanol–water partition coefficient (Wildman–Crippen LogP) is 3.00. The zero-order chi connectivity index (χ0) is 16.0. The van der Waals surface area contributed by atoms with Crippen LogP contribution in [-0.2, 0) is 17.7 Å². The number of imidazole rings is 1. The van der Waals surface area contributed by atoms with E-state index in [2.05, 4.69) is 27.0 Å². The van der Waals surface area contributed by atoms with Crippen LogP contribution < -0.4 is 5.32 Å². The largest absolute Gasteiger partial charge is 0.444 e. The monoisotopic (exact) mass is 301 g/mol. The van der Waals surface area contributed by atoms with Crippen molar-refractivity contribution >= 4 is 6.09 Å². The Hall–Kier alpha value is -2.30. The first-order valence-electron chi connectivity index (χ1n) is 7.44. The Bertz CT molecular complexity index is 600. The summed E-state index contributed by atoms with van der Waals surface area (Å²) >= 11 is 0. The fourth-order valence-corrected chi connectivity index (χ4v) is 2.09. The average Bonchev–Trinajstić information content (AvgIpc) is 2.85. The van der Waals surface area contributed by atoms with Crippen LogP contribution in [0.5, 0.6) is 0 Å². The van der Waals surface area contributed by atoms with Crippen LogP contribution in [0.15, 0.2) is 42.9 Å². The van der Waals surface area contributed by atoms with Crippen LogP contribution in [0.25, 0.3) is 0 Å². The second-order valence-corrected chi connectivity index (χ2v) is 6.18. The van der Waals surface area contributed by atoms with Gasteiger partial charge < -0.3 is 14.6 Å². The van der Waals surface area contributed by atoms with Gasteiger partial charge in [-0.2, -0.15) is 0 Å². The average molecular weight is 301 g/mol. The van der Waals surface area contributed by atoms with Crippen molar-refractivity contribution in [3.8, 4) is 0 Å². The Morgan fingerprint density at radius 3 is 2.68 bits per heavy atom. The molecule has 0 aliphatic rings. The van der Waals surface area contributed by atoms with Crippen molar-refractivity contribution in [1.82, 2.24) is 14.9 Å². The number of hydrogen-bond donors (Lipinski definition) is 1. The van der Waals surface area contributed by atoms with Crippen LogP contribution in [0.3, 0.4) is 0 Å². The van der Waals surface area contributed by atoms with Gasteiger partial charge in [-0.1, -0.05) is 30.3 Å². The van der Waals surface area contributed by atoms with E-state index in [-0.39, 0.29) is 6.09 Å². The van der Waals surface area contributed by atoms with Crippen molar-refractivity contribution in [2.75, 3.05) is 6.54 Å². The van der Waals surface area contributed by atoms with Crippen LogP contribution in [0, 0.1) is 0 Å². The number of benzene rings is 1. The summed E-state index contributed by atoms with van der Waals surface area (Å²) < 4.78 is 7.30. The van der Waals surface area contributed by atoms with E-state index >= 15 is 0 Å². The van der Waals surface area contributed by atoms with E-state index < -0.39 is 5.60 Å². The number of carbonyl (C=O) groups excluding carboxylic acids is 1. The molecule has 1 aromatic heterocycles. The molecule has 1 amide bonds. The Kier molecular flexibility index (Phi) is 5.20. The van der Waals surface area contributed by atoms with E-state index in [1.54, 1.807) is 0 Å². The first-order valence-corrected chi connectivity index (χ1v) is 7.44. The van der Waals surface area contributed by atoms with Gasteiger partial charge in [0.05, 0.1) is 6.33 Å². The zero-order valence-corrected chi connectivity index (χ0v) is 13.4. The molecule has 2 rings (SSSR count). The molecule has 1 heterocycles. The summed E-state index contributed by atoms with van der Waals surface area (Å²) in [5.41, 5.74) is 1.83. The van der Waals surface area contributed by atoms with E-state index in [1.165, 1.54) is 5.56 Å². The number of alkyl carbamates (subject to hydrolysis) is 1. The summed E-state index contributed by atoms with van der Waals surface area (Å²) in [7, 11) is 0. The number of ether oxygens (including phenoxy) is 1. The van der Waals surface area contributed by atoms with Crippen molar-refractivity contribution in [2.24, 2.45) is 0 Å². The highest BCUT2D eigenvalue weighted by atomic mass is 16.6. The van der Waals surface area contributed by atoms with Gasteiger partial charge in [-0.25, -0.2) is 9.78 Å². The summed E-state index contributed by atoms with van der Waals surface area (Å²) in [6.07, 6.45) is 3.98. The molecule has 1 aromatic carbocycles. The minimum atomic E-state index is -0.473. The molecule has 0 spiro atoms. The molecular weight excluding hydrogens is 278 g/mol. The van der Waals surface area contributed by atoms with Crippen molar-refractivity contribution in [2.45, 2.75) is 39.3 Å². The molecule has 0 aliphatic carbocycles. The third-order valence-corrected chi connectivity index (χ3v) is 3.04. The smallest absolute Gasteiger partial charge is 0.407 e. The maximum atomic E-state index is 11.6. The number of hydrogen-bond acceptors (Lipinski definition) is 3. The van der Waals surface area contributed by atoms with Gasteiger partial charge in [-0.15, -0.1) is 0 Å². The first kappa shape index (κ1) is 16.1. The molecule has 118 valence electrons. The highest BCUT2D eigenvalue weighted by molar-refractivity contribution is 5.67. The van der Waals surface area contributed by atoms with Gasteiger partial charge in [0.25, 0.3) is 0 Å². The second-order valence-electron chi connectivity index (χ2n) is 6.18. The summed E-state index contributed by atoms with van der Waals surface area (Å²) in [6, 6.07) is 10.2. The van der Waals surface area contributed by atoms with Crippen LogP contribution in [0.4, 0.5) is 4.79 Å². The molecule has 0 aliphatic heterocycles. The Labute approximate surface area is 131 Å². The number of carbonyl (C=O) groups is 1. The summed E-state index contributed by atoms with van der Waals surface area (Å²) in [5.74, 6) is 0. The number of amides is 1. The Morgan fingerprint density at radius 1 is 1.27 bits per heavy atom. The molecule has 5 nitrogen and oxygen atoms in total. The molecule has 0 unspecified atom stereocenters. The van der Waals surface area contributed by atoms with Crippen molar-refractivity contribution < 1.29 is 9.53 Å². The molecule has 22 heavy (non-hydrogen) atoms. The lowest BCUT2D eigenvalue weighted by Crippen LogP contribution is -2.33. The second kappa shape index (κ2) is 7.11. The molecule has 0 fully saturated rings. The quantitative estimate of drug-likeness (QED) is 0.923. The lowest BCUT2D eigenvalue weighted by molar-refractivity contribution is 0.0528. The zero-order valence-electron chi connectivity index (χ0n) is 13.4. The Balaban J connectivity index is 1.84. The minimum absolute atomic E-state index is 0.387. The van der Waals surface area contributed by atoms with E-state index in [9.17, 15) is 4.79 Å². The molecule has 0 atom stereocenters. The van der Waals surface area contributed by atoms with Crippen LogP contribution in [0.2, 0.25) is 0 Å². The maximum absolute atomic E-state index is 11.6. The van der Waals surface area contributed by atoms with Gasteiger partial charge in [0.15, 0.2) is 0 Å². The molecule has 2 aromatic rings. The fourth-order valence-electron chi connectivity index (χ4n) is 2.09. The van der Waals surface area contributed by atoms with E-state index in [0.29, 0.717) is 13.0 Å². The normalized spacial score (nSPS) is 11.2. The highest BCUT2D eigenvalue weighted by Crippen LogP contribution is 2.08. The molecular formula is C17H23N3O2. The number of nitrogens with one attached hydrogen (secondary N) is 1. The van der Waals surface area contributed by atoms with Crippen molar-refractivity contribution in [3.63, 3.8) is 0 Å². The van der Waals surface area contributed by atoms with E-state index in [1.807, 2.05) is 51.5 Å². The topological polar surface area (TPSA) is 56.1 Å². The third kappa shape index (κ3) is 5.24. The van der Waals surface area contributed by atoms with Crippen molar-refractivity contribution in [3.05, 3.63) is 54.1 Å². The summed E-state index contributed by atoms with van der Waals surface area (Å²) in [5, 5.41) is 2.77. The van der Waals surface area contributed by atoms with Gasteiger partial charge in [0.1, 0.15) is 5.60 Å². The molecule has 0 saturated heterocycles. The van der Waals surface area contributed by atoms with Crippen LogP contribution in [-0.4, -0.2) is 27.8 Å². The molecule has 1 N–H and O–H groups in total. The SMILES string of the molecule is CC(C)(C)OC(=O)NCCc1cncn1Cc1ccccc1. The first-order chi connectivity index (χ1) is 10.4. The van der Waals surface area contributed by atoms with E-state index in [0.717, 1.165) is 12.2 Å².